The van der Waals surface area contributed by atoms with Gasteiger partial charge in [-0.05, 0) is 42.0 Å². The maximum atomic E-state index is 13.1. The van der Waals surface area contributed by atoms with Crippen LogP contribution in [0.2, 0.25) is 0 Å². The first-order valence-corrected chi connectivity index (χ1v) is 7.80. The lowest BCUT2D eigenvalue weighted by Crippen LogP contribution is -2.22. The van der Waals surface area contributed by atoms with Crippen LogP contribution in [-0.4, -0.2) is 18.0 Å². The second-order valence-electron chi connectivity index (χ2n) is 5.61. The van der Waals surface area contributed by atoms with Gasteiger partial charge in [-0.3, -0.25) is 4.90 Å². The van der Waals surface area contributed by atoms with Gasteiger partial charge in [0.25, 0.3) is 0 Å². The SMILES string of the molecule is COC(=O)c1ccc(CN(Cc2ccc(F)cc2)Cc2ccco2)o1. The molecule has 0 atom stereocenters. The number of esters is 1. The zero-order valence-corrected chi connectivity index (χ0v) is 13.8. The Balaban J connectivity index is 1.74. The van der Waals surface area contributed by atoms with Gasteiger partial charge in [0, 0.05) is 6.54 Å². The van der Waals surface area contributed by atoms with E-state index in [-0.39, 0.29) is 11.6 Å². The smallest absolute Gasteiger partial charge is 0.373 e. The average Bonchev–Trinajstić information content (AvgIpc) is 3.28. The largest absolute Gasteiger partial charge is 0.468 e. The molecule has 0 spiro atoms. The fourth-order valence-electron chi connectivity index (χ4n) is 2.53. The van der Waals surface area contributed by atoms with Gasteiger partial charge in [0.05, 0.1) is 26.5 Å². The number of carbonyl (C=O) groups is 1. The third-order valence-electron chi connectivity index (χ3n) is 3.71. The predicted molar refractivity (Wildman–Crippen MR) is 88.1 cm³/mol. The van der Waals surface area contributed by atoms with Crippen molar-refractivity contribution >= 4 is 5.97 Å². The summed E-state index contributed by atoms with van der Waals surface area (Å²) >= 11 is 0. The highest BCUT2D eigenvalue weighted by molar-refractivity contribution is 5.86. The first-order valence-electron chi connectivity index (χ1n) is 7.80. The van der Waals surface area contributed by atoms with E-state index >= 15 is 0 Å². The molecule has 0 aliphatic heterocycles. The summed E-state index contributed by atoms with van der Waals surface area (Å²) in [5.41, 5.74) is 0.965. The van der Waals surface area contributed by atoms with E-state index < -0.39 is 5.97 Å². The van der Waals surface area contributed by atoms with Crippen molar-refractivity contribution in [3.05, 3.63) is 83.5 Å². The minimum Gasteiger partial charge on any atom is -0.468 e. The Morgan fingerprint density at radius 2 is 1.80 bits per heavy atom. The van der Waals surface area contributed by atoms with Crippen LogP contribution in [0.25, 0.3) is 0 Å². The van der Waals surface area contributed by atoms with Crippen molar-refractivity contribution in [1.82, 2.24) is 4.90 Å². The number of methoxy groups -OCH3 is 1. The molecule has 0 aliphatic carbocycles. The number of benzene rings is 1. The summed E-state index contributed by atoms with van der Waals surface area (Å²) in [5, 5.41) is 0. The molecule has 5 nitrogen and oxygen atoms in total. The van der Waals surface area contributed by atoms with Gasteiger partial charge in [0.1, 0.15) is 17.3 Å². The van der Waals surface area contributed by atoms with Gasteiger partial charge in [-0.25, -0.2) is 9.18 Å². The fourth-order valence-corrected chi connectivity index (χ4v) is 2.53. The van der Waals surface area contributed by atoms with Crippen LogP contribution < -0.4 is 0 Å². The molecule has 1 aromatic carbocycles. The highest BCUT2D eigenvalue weighted by Gasteiger charge is 2.15. The molecule has 0 N–H and O–H groups in total. The molecular weight excluding hydrogens is 325 g/mol. The molecule has 0 saturated carbocycles. The summed E-state index contributed by atoms with van der Waals surface area (Å²) in [5.74, 6) is 0.825. The fraction of sp³-hybridized carbons (Fsp3) is 0.211. The number of ether oxygens (including phenoxy) is 1. The van der Waals surface area contributed by atoms with Crippen LogP contribution >= 0.6 is 0 Å². The van der Waals surface area contributed by atoms with Gasteiger partial charge >= 0.3 is 5.97 Å². The van der Waals surface area contributed by atoms with Gasteiger partial charge in [0.2, 0.25) is 5.76 Å². The Hall–Kier alpha value is -2.86. The van der Waals surface area contributed by atoms with E-state index in [2.05, 4.69) is 9.64 Å². The molecule has 3 aromatic rings. The number of rotatable bonds is 7. The summed E-state index contributed by atoms with van der Waals surface area (Å²) in [6, 6.07) is 13.4. The molecule has 0 unspecified atom stereocenters. The number of nitrogens with zero attached hydrogens (tertiary/aromatic N) is 1. The van der Waals surface area contributed by atoms with Crippen molar-refractivity contribution in [1.29, 1.82) is 0 Å². The third kappa shape index (κ3) is 4.58. The first kappa shape index (κ1) is 17.0. The maximum Gasteiger partial charge on any atom is 0.373 e. The van der Waals surface area contributed by atoms with Crippen molar-refractivity contribution in [2.24, 2.45) is 0 Å². The second-order valence-corrected chi connectivity index (χ2v) is 5.61. The highest BCUT2D eigenvalue weighted by Crippen LogP contribution is 2.17. The number of carbonyl (C=O) groups excluding carboxylic acids is 1. The molecule has 0 amide bonds. The number of hydrogen-bond donors (Lipinski definition) is 0. The molecule has 0 radical (unpaired) electrons. The molecule has 0 bridgehead atoms. The Bertz CT molecular complexity index is 808. The topological polar surface area (TPSA) is 55.8 Å². The molecule has 0 aliphatic rings. The average molecular weight is 343 g/mol. The molecule has 3 rings (SSSR count). The minimum atomic E-state index is -0.512. The van der Waals surface area contributed by atoms with Crippen molar-refractivity contribution in [3.8, 4) is 0 Å². The Morgan fingerprint density at radius 1 is 1.04 bits per heavy atom. The van der Waals surface area contributed by atoms with Crippen LogP contribution in [0.1, 0.15) is 27.6 Å². The zero-order chi connectivity index (χ0) is 17.6. The lowest BCUT2D eigenvalue weighted by molar-refractivity contribution is 0.0560. The number of hydrogen-bond acceptors (Lipinski definition) is 5. The van der Waals surface area contributed by atoms with Crippen molar-refractivity contribution in [3.63, 3.8) is 0 Å². The molecule has 25 heavy (non-hydrogen) atoms. The molecule has 0 fully saturated rings. The number of halogens is 1. The summed E-state index contributed by atoms with van der Waals surface area (Å²) in [6.45, 7) is 1.60. The van der Waals surface area contributed by atoms with Crippen molar-refractivity contribution < 1.29 is 22.8 Å². The quantitative estimate of drug-likeness (QED) is 0.607. The summed E-state index contributed by atoms with van der Waals surface area (Å²) in [6.07, 6.45) is 1.62. The van der Waals surface area contributed by atoms with Crippen molar-refractivity contribution in [2.75, 3.05) is 7.11 Å². The van der Waals surface area contributed by atoms with Gasteiger partial charge < -0.3 is 13.6 Å². The summed E-state index contributed by atoms with van der Waals surface area (Å²) in [4.78, 5) is 13.6. The van der Waals surface area contributed by atoms with E-state index in [1.807, 2.05) is 12.1 Å². The Morgan fingerprint density at radius 3 is 2.48 bits per heavy atom. The Kier molecular flexibility index (Phi) is 5.30. The van der Waals surface area contributed by atoms with E-state index in [0.717, 1.165) is 11.3 Å². The summed E-state index contributed by atoms with van der Waals surface area (Å²) in [7, 11) is 1.31. The Labute approximate surface area is 144 Å². The van der Waals surface area contributed by atoms with E-state index in [9.17, 15) is 9.18 Å². The van der Waals surface area contributed by atoms with E-state index in [4.69, 9.17) is 8.83 Å². The van der Waals surface area contributed by atoms with E-state index in [1.165, 1.54) is 19.2 Å². The van der Waals surface area contributed by atoms with Crippen LogP contribution in [0, 0.1) is 5.82 Å². The van der Waals surface area contributed by atoms with Crippen LogP contribution in [0.3, 0.4) is 0 Å². The van der Waals surface area contributed by atoms with Crippen LogP contribution in [0.5, 0.6) is 0 Å². The maximum absolute atomic E-state index is 13.1. The van der Waals surface area contributed by atoms with E-state index in [1.54, 1.807) is 30.5 Å². The zero-order valence-electron chi connectivity index (χ0n) is 13.8. The highest BCUT2D eigenvalue weighted by atomic mass is 19.1. The minimum absolute atomic E-state index is 0.164. The summed E-state index contributed by atoms with van der Waals surface area (Å²) < 4.78 is 28.7. The first-order chi connectivity index (χ1) is 12.1. The normalized spacial score (nSPS) is 11.0. The van der Waals surface area contributed by atoms with E-state index in [0.29, 0.717) is 25.4 Å². The lowest BCUT2D eigenvalue weighted by Gasteiger charge is -2.20. The van der Waals surface area contributed by atoms with Gasteiger partial charge in [-0.2, -0.15) is 0 Å². The predicted octanol–water partition coefficient (Wildman–Crippen LogP) is 4.00. The number of furan rings is 2. The van der Waals surface area contributed by atoms with Gasteiger partial charge in [0.15, 0.2) is 0 Å². The monoisotopic (exact) mass is 343 g/mol. The second kappa shape index (κ2) is 7.81. The van der Waals surface area contributed by atoms with Gasteiger partial charge in [-0.15, -0.1) is 0 Å². The molecule has 2 heterocycles. The molecule has 6 heteroatoms. The molecule has 130 valence electrons. The molecule has 0 saturated heterocycles. The molecular formula is C19H18FNO4. The van der Waals surface area contributed by atoms with Crippen LogP contribution in [0.15, 0.2) is 63.6 Å². The van der Waals surface area contributed by atoms with Crippen LogP contribution in [0.4, 0.5) is 4.39 Å². The third-order valence-corrected chi connectivity index (χ3v) is 3.71. The standard InChI is InChI=1S/C19H18FNO4/c1-23-19(22)18-9-8-17(25-18)13-21(12-16-3-2-10-24-16)11-14-4-6-15(20)7-5-14/h2-10H,11-13H2,1H3. The molecule has 2 aromatic heterocycles. The van der Waals surface area contributed by atoms with Gasteiger partial charge in [-0.1, -0.05) is 12.1 Å². The van der Waals surface area contributed by atoms with Crippen molar-refractivity contribution in [2.45, 2.75) is 19.6 Å². The van der Waals surface area contributed by atoms with Crippen LogP contribution in [-0.2, 0) is 24.4 Å². The lowest BCUT2D eigenvalue weighted by atomic mass is 10.2.